The Morgan fingerprint density at radius 1 is 0.493 bits per heavy atom. The largest absolute Gasteiger partial charge is 0.468 e. The highest BCUT2D eigenvalue weighted by atomic mass is 16.3. The highest BCUT2D eigenvalue weighted by Gasteiger charge is 2.48. The number of hydrogen-bond acceptors (Lipinski definition) is 3. The van der Waals surface area contributed by atoms with E-state index in [9.17, 15) is 0 Å². The third-order valence-electron chi connectivity index (χ3n) is 15.8. The summed E-state index contributed by atoms with van der Waals surface area (Å²) in [5, 5.41) is 1.19. The lowest BCUT2D eigenvalue weighted by atomic mass is 9.35. The van der Waals surface area contributed by atoms with Crippen LogP contribution in [0.4, 0.5) is 34.1 Å². The molecule has 3 heterocycles. The van der Waals surface area contributed by atoms with Crippen molar-refractivity contribution in [3.05, 3.63) is 148 Å². The summed E-state index contributed by atoms with van der Waals surface area (Å²) in [7, 11) is 0. The molecule has 67 heavy (non-hydrogen) atoms. The summed E-state index contributed by atoms with van der Waals surface area (Å²) in [6, 6.07) is 43.1. The van der Waals surface area contributed by atoms with Gasteiger partial charge in [-0.15, -0.1) is 0 Å². The summed E-state index contributed by atoms with van der Waals surface area (Å²) in [4.78, 5) is 5.16. The van der Waals surface area contributed by atoms with Crippen molar-refractivity contribution in [2.45, 2.75) is 163 Å². The second kappa shape index (κ2) is 14.8. The van der Waals surface area contributed by atoms with Crippen molar-refractivity contribution in [3.63, 3.8) is 0 Å². The lowest BCUT2D eigenvalue weighted by Gasteiger charge is -2.44. The summed E-state index contributed by atoms with van der Waals surface area (Å²) >= 11 is 0. The van der Waals surface area contributed by atoms with Gasteiger partial charge in [-0.1, -0.05) is 165 Å². The number of hydrogen-bond donors (Lipinski definition) is 0. The van der Waals surface area contributed by atoms with Crippen molar-refractivity contribution in [3.8, 4) is 11.1 Å². The van der Waals surface area contributed by atoms with E-state index in [1.807, 2.05) is 0 Å². The molecule has 344 valence electrons. The fourth-order valence-electron chi connectivity index (χ4n) is 11.4. The van der Waals surface area contributed by atoms with E-state index in [1.54, 1.807) is 0 Å². The van der Waals surface area contributed by atoms with Gasteiger partial charge in [-0.2, -0.15) is 0 Å². The molecule has 10 rings (SSSR count). The van der Waals surface area contributed by atoms with Crippen LogP contribution >= 0.6 is 0 Å². The smallest absolute Gasteiger partial charge is 0.297 e. The molecular weight excluding hydrogens is 812 g/mol. The van der Waals surface area contributed by atoms with E-state index in [4.69, 9.17) is 4.42 Å². The molecule has 0 amide bonds. The Kier molecular flexibility index (Phi) is 9.98. The van der Waals surface area contributed by atoms with Gasteiger partial charge in [-0.25, -0.2) is 0 Å². The molecule has 0 unspecified atom stereocenters. The van der Waals surface area contributed by atoms with Crippen LogP contribution in [-0.4, -0.2) is 6.71 Å². The molecule has 2 aliphatic heterocycles. The first-order chi connectivity index (χ1) is 31.1. The van der Waals surface area contributed by atoms with Gasteiger partial charge in [-0.05, 0) is 162 Å². The van der Waals surface area contributed by atoms with Crippen molar-refractivity contribution >= 4 is 68.4 Å². The van der Waals surface area contributed by atoms with Crippen LogP contribution in [0.1, 0.15) is 163 Å². The van der Waals surface area contributed by atoms with Gasteiger partial charge < -0.3 is 14.2 Å². The number of anilines is 6. The van der Waals surface area contributed by atoms with Crippen LogP contribution in [0.25, 0.3) is 22.1 Å². The third-order valence-corrected chi connectivity index (χ3v) is 15.8. The summed E-state index contributed by atoms with van der Waals surface area (Å²) in [5.74, 6) is 0. The Morgan fingerprint density at radius 2 is 0.970 bits per heavy atom. The standard InChI is InChI=1S/C63H73BN2O/c1-38-32-52-55-53(33-38)66(50-28-24-42(60(8,9)10)34-45(50)39-18-20-40(21-19-39)58(2,3)4)56-46-36-47-48(63(16,17)31-30-62(47,14)15)37-54(46)67-57(56)64(55)49-35-43(61(11,12)13)25-29-51(49)65(52)44-26-22-41(23-27-44)59(5,6)7/h18-29,32-37H,30-31H2,1-17H3. The summed E-state index contributed by atoms with van der Waals surface area (Å²) < 4.78 is 7.64. The number of nitrogens with zero attached hydrogens (tertiary/aromatic N) is 2. The molecule has 0 fully saturated rings. The van der Waals surface area contributed by atoms with E-state index in [0.717, 1.165) is 35.5 Å². The van der Waals surface area contributed by atoms with Crippen molar-refractivity contribution in [2.24, 2.45) is 0 Å². The second-order valence-electron chi connectivity index (χ2n) is 25.9. The first-order valence-corrected chi connectivity index (χ1v) is 25.0. The van der Waals surface area contributed by atoms with Crippen molar-refractivity contribution in [2.75, 3.05) is 9.80 Å². The zero-order chi connectivity index (χ0) is 48.1. The first-order valence-electron chi connectivity index (χ1n) is 25.0. The quantitative estimate of drug-likeness (QED) is 0.165. The Hall–Kier alpha value is -5.48. The zero-order valence-corrected chi connectivity index (χ0v) is 43.7. The van der Waals surface area contributed by atoms with E-state index >= 15 is 0 Å². The maximum Gasteiger partial charge on any atom is 0.297 e. The molecule has 0 N–H and O–H groups in total. The minimum absolute atomic E-state index is 0.0285. The van der Waals surface area contributed by atoms with Gasteiger partial charge in [0.25, 0.3) is 6.71 Å². The van der Waals surface area contributed by atoms with Gasteiger partial charge in [0.05, 0.1) is 17.0 Å². The number of furan rings is 1. The summed E-state index contributed by atoms with van der Waals surface area (Å²) in [6.07, 6.45) is 2.30. The SMILES string of the molecule is Cc1cc2c3c(c1)N(c1ccc(C(C)(C)C)cc1-c1ccc(C(C)(C)C)cc1)c1c(oc4cc5c(cc14)C(C)(C)CCC5(C)C)B3c1cc(C(C)(C)C)ccc1N2c1ccc(C(C)(C)C)cc1. The molecule has 3 nitrogen and oxygen atoms in total. The van der Waals surface area contributed by atoms with E-state index < -0.39 is 0 Å². The van der Waals surface area contributed by atoms with Crippen LogP contribution in [0.5, 0.6) is 0 Å². The fraction of sp³-hybridized carbons (Fsp3) is 0.397. The molecule has 0 bridgehead atoms. The van der Waals surface area contributed by atoms with Crippen molar-refractivity contribution < 1.29 is 4.42 Å². The molecule has 1 aromatic heterocycles. The topological polar surface area (TPSA) is 19.6 Å². The molecule has 6 aromatic carbocycles. The van der Waals surface area contributed by atoms with E-state index in [-0.39, 0.29) is 39.2 Å². The van der Waals surface area contributed by atoms with Crippen molar-refractivity contribution in [1.82, 2.24) is 0 Å². The molecule has 1 aliphatic carbocycles. The van der Waals surface area contributed by atoms with Gasteiger partial charge in [0, 0.05) is 33.7 Å². The van der Waals surface area contributed by atoms with Crippen LogP contribution in [0.2, 0.25) is 0 Å². The molecule has 4 heteroatoms. The Balaban J connectivity index is 1.34. The van der Waals surface area contributed by atoms with Gasteiger partial charge in [0.2, 0.25) is 0 Å². The Labute approximate surface area is 403 Å². The minimum Gasteiger partial charge on any atom is -0.468 e. The monoisotopic (exact) mass is 885 g/mol. The van der Waals surface area contributed by atoms with Gasteiger partial charge in [0.1, 0.15) is 5.58 Å². The Bertz CT molecular complexity index is 3110. The van der Waals surface area contributed by atoms with Gasteiger partial charge >= 0.3 is 0 Å². The van der Waals surface area contributed by atoms with E-state index in [2.05, 4.69) is 237 Å². The highest BCUT2D eigenvalue weighted by molar-refractivity contribution is 7.00. The molecule has 0 atom stereocenters. The predicted octanol–water partition coefficient (Wildman–Crippen LogP) is 16.0. The normalized spacial score (nSPS) is 16.5. The maximum absolute atomic E-state index is 7.64. The number of benzene rings is 6. The second-order valence-corrected chi connectivity index (χ2v) is 25.9. The predicted molar refractivity (Wildman–Crippen MR) is 290 cm³/mol. The molecule has 0 radical (unpaired) electrons. The molecule has 0 saturated carbocycles. The highest BCUT2D eigenvalue weighted by Crippen LogP contribution is 2.53. The molecule has 0 spiro atoms. The maximum atomic E-state index is 7.64. The molecular formula is C63H73BN2O. The van der Waals surface area contributed by atoms with E-state index in [1.165, 1.54) is 89.1 Å². The molecule has 7 aromatic rings. The van der Waals surface area contributed by atoms with Crippen molar-refractivity contribution in [1.29, 1.82) is 0 Å². The average molecular weight is 885 g/mol. The third kappa shape index (κ3) is 7.39. The van der Waals surface area contributed by atoms with E-state index in [0.29, 0.717) is 0 Å². The summed E-state index contributed by atoms with van der Waals surface area (Å²) in [6.45, 7) is 39.7. The van der Waals surface area contributed by atoms with Crippen LogP contribution < -0.4 is 26.4 Å². The fourth-order valence-corrected chi connectivity index (χ4v) is 11.4. The zero-order valence-electron chi connectivity index (χ0n) is 43.7. The lowest BCUT2D eigenvalue weighted by molar-refractivity contribution is 0.332. The number of rotatable bonds is 3. The first kappa shape index (κ1) is 45.3. The number of aryl methyl sites for hydroxylation is 1. The van der Waals surface area contributed by atoms with Crippen LogP contribution in [-0.2, 0) is 32.5 Å². The van der Waals surface area contributed by atoms with Crippen LogP contribution in [0.15, 0.2) is 114 Å². The Morgan fingerprint density at radius 3 is 1.52 bits per heavy atom. The summed E-state index contributed by atoms with van der Waals surface area (Å²) in [5.41, 5.74) is 23.6. The van der Waals surface area contributed by atoms with Gasteiger partial charge in [-0.3, -0.25) is 0 Å². The minimum atomic E-state index is -0.131. The molecule has 3 aliphatic rings. The van der Waals surface area contributed by atoms with Gasteiger partial charge in [0.15, 0.2) is 0 Å². The molecule has 0 saturated heterocycles. The number of fused-ring (bicyclic) bond motifs is 7. The van der Waals surface area contributed by atoms with Crippen LogP contribution in [0.3, 0.4) is 0 Å². The lowest BCUT2D eigenvalue weighted by Crippen LogP contribution is -2.61. The van der Waals surface area contributed by atoms with Crippen LogP contribution in [0, 0.1) is 6.92 Å². The average Bonchev–Trinajstić information content (AvgIpc) is 3.61.